The van der Waals surface area contributed by atoms with Gasteiger partial charge in [-0.05, 0) is 37.1 Å². The first-order valence-corrected chi connectivity index (χ1v) is 10.2. The van der Waals surface area contributed by atoms with Crippen molar-refractivity contribution in [3.05, 3.63) is 48.7 Å². The molecule has 142 valence electrons. The lowest BCUT2D eigenvalue weighted by atomic mass is 9.92. The van der Waals surface area contributed by atoms with Crippen LogP contribution in [0.3, 0.4) is 0 Å². The third-order valence-corrected chi connectivity index (χ3v) is 6.96. The summed E-state index contributed by atoms with van der Waals surface area (Å²) in [5.74, 6) is -2.62. The van der Waals surface area contributed by atoms with Gasteiger partial charge in [-0.15, -0.1) is 0 Å². The van der Waals surface area contributed by atoms with Gasteiger partial charge >= 0.3 is 0 Å². The number of alkyl halides is 2. The highest BCUT2D eigenvalue weighted by molar-refractivity contribution is 7.92. The summed E-state index contributed by atoms with van der Waals surface area (Å²) in [4.78, 5) is 4.32. The largest absolute Gasteiger partial charge is 0.384 e. The Morgan fingerprint density at radius 3 is 2.41 bits per heavy atom. The number of aromatic nitrogens is 2. The van der Waals surface area contributed by atoms with E-state index >= 15 is 0 Å². The molecule has 5 nitrogen and oxygen atoms in total. The second-order valence-corrected chi connectivity index (χ2v) is 8.75. The third-order valence-electron chi connectivity index (χ3n) is 5.13. The van der Waals surface area contributed by atoms with Crippen molar-refractivity contribution in [3.63, 3.8) is 0 Å². The number of benzene rings is 1. The van der Waals surface area contributed by atoms with Crippen LogP contribution in [-0.4, -0.2) is 23.9 Å². The van der Waals surface area contributed by atoms with Gasteiger partial charge in [0.2, 0.25) is 15.8 Å². The summed E-state index contributed by atoms with van der Waals surface area (Å²) in [7, 11) is -3.89. The summed E-state index contributed by atoms with van der Waals surface area (Å²) in [5, 5.41) is 0. The number of fused-ring (bicyclic) bond motifs is 1. The standard InChI is InChI=1S/C19H19F2N3O2S/c20-19(21)10-8-13(9-11-19)24-15-7-4-12-23-16(15)17(18(24)22)27(25,26)14-5-2-1-3-6-14/h1-7,12-13H,8-11,22H2. The summed E-state index contributed by atoms with van der Waals surface area (Å²) in [6.07, 6.45) is 1.50. The van der Waals surface area contributed by atoms with Crippen molar-refractivity contribution < 1.29 is 17.2 Å². The van der Waals surface area contributed by atoms with Crippen molar-refractivity contribution in [2.45, 2.75) is 47.4 Å². The quantitative estimate of drug-likeness (QED) is 0.726. The smallest absolute Gasteiger partial charge is 0.248 e. The maximum absolute atomic E-state index is 13.6. The van der Waals surface area contributed by atoms with Crippen LogP contribution in [-0.2, 0) is 9.84 Å². The van der Waals surface area contributed by atoms with Crippen LogP contribution in [0.25, 0.3) is 11.0 Å². The molecule has 0 saturated heterocycles. The minimum Gasteiger partial charge on any atom is -0.384 e. The van der Waals surface area contributed by atoms with Gasteiger partial charge in [0, 0.05) is 25.1 Å². The molecule has 1 aromatic carbocycles. The van der Waals surface area contributed by atoms with Gasteiger partial charge in [-0.3, -0.25) is 4.98 Å². The van der Waals surface area contributed by atoms with E-state index in [1.54, 1.807) is 34.9 Å². The number of nitrogen functional groups attached to an aromatic ring is 1. The molecule has 0 spiro atoms. The van der Waals surface area contributed by atoms with E-state index in [0.29, 0.717) is 5.52 Å². The average Bonchev–Trinajstić information content (AvgIpc) is 2.95. The fourth-order valence-corrected chi connectivity index (χ4v) is 5.32. The van der Waals surface area contributed by atoms with Gasteiger partial charge in [0.05, 0.1) is 10.4 Å². The van der Waals surface area contributed by atoms with E-state index < -0.39 is 15.8 Å². The van der Waals surface area contributed by atoms with Crippen LogP contribution in [0.4, 0.5) is 14.6 Å². The second-order valence-electron chi connectivity index (χ2n) is 6.86. The van der Waals surface area contributed by atoms with E-state index in [2.05, 4.69) is 4.98 Å². The molecule has 4 rings (SSSR count). The van der Waals surface area contributed by atoms with E-state index in [-0.39, 0.29) is 52.9 Å². The molecule has 2 N–H and O–H groups in total. The number of sulfone groups is 1. The minimum atomic E-state index is -3.89. The lowest BCUT2D eigenvalue weighted by molar-refractivity contribution is -0.0434. The van der Waals surface area contributed by atoms with Crippen molar-refractivity contribution in [1.82, 2.24) is 9.55 Å². The van der Waals surface area contributed by atoms with Crippen LogP contribution < -0.4 is 5.73 Å². The predicted molar refractivity (Wildman–Crippen MR) is 98.5 cm³/mol. The summed E-state index contributed by atoms with van der Waals surface area (Å²) in [6, 6.07) is 11.1. The molecule has 1 aliphatic rings. The maximum Gasteiger partial charge on any atom is 0.248 e. The number of nitrogens with two attached hydrogens (primary N) is 1. The van der Waals surface area contributed by atoms with Crippen LogP contribution in [0.5, 0.6) is 0 Å². The van der Waals surface area contributed by atoms with Crippen molar-refractivity contribution in [3.8, 4) is 0 Å². The summed E-state index contributed by atoms with van der Waals surface area (Å²) < 4.78 is 55.3. The first kappa shape index (κ1) is 17.9. The fraction of sp³-hybridized carbons (Fsp3) is 0.316. The molecule has 0 amide bonds. The van der Waals surface area contributed by atoms with Crippen LogP contribution in [0.1, 0.15) is 31.7 Å². The SMILES string of the molecule is Nc1c(S(=O)(=O)c2ccccc2)c2ncccc2n1C1CCC(F)(F)CC1. The Bertz CT molecular complexity index is 1080. The molecule has 1 fully saturated rings. The van der Waals surface area contributed by atoms with Crippen molar-refractivity contribution in [2.75, 3.05) is 5.73 Å². The normalized spacial score (nSPS) is 18.0. The van der Waals surface area contributed by atoms with Gasteiger partial charge in [-0.1, -0.05) is 18.2 Å². The summed E-state index contributed by atoms with van der Waals surface area (Å²) >= 11 is 0. The number of hydrogen-bond donors (Lipinski definition) is 1. The number of nitrogens with zero attached hydrogens (tertiary/aromatic N) is 2. The second kappa shape index (κ2) is 6.30. The zero-order valence-corrected chi connectivity index (χ0v) is 15.3. The molecule has 1 saturated carbocycles. The van der Waals surface area contributed by atoms with Gasteiger partial charge in [0.15, 0.2) is 0 Å². The molecule has 0 atom stereocenters. The first-order chi connectivity index (χ1) is 12.8. The predicted octanol–water partition coefficient (Wildman–Crippen LogP) is 4.20. The van der Waals surface area contributed by atoms with Crippen LogP contribution in [0, 0.1) is 0 Å². The Morgan fingerprint density at radius 2 is 1.74 bits per heavy atom. The number of hydrogen-bond acceptors (Lipinski definition) is 4. The van der Waals surface area contributed by atoms with Crippen LogP contribution in [0.15, 0.2) is 58.5 Å². The first-order valence-electron chi connectivity index (χ1n) is 8.74. The highest BCUT2D eigenvalue weighted by atomic mass is 32.2. The van der Waals surface area contributed by atoms with Gasteiger partial charge in [-0.25, -0.2) is 17.2 Å². The topological polar surface area (TPSA) is 78.0 Å². The van der Waals surface area contributed by atoms with Crippen LogP contribution >= 0.6 is 0 Å². The van der Waals surface area contributed by atoms with Crippen molar-refractivity contribution in [2.24, 2.45) is 0 Å². The monoisotopic (exact) mass is 391 g/mol. The van der Waals surface area contributed by atoms with Crippen LogP contribution in [0.2, 0.25) is 0 Å². The Labute approximate surface area is 155 Å². The van der Waals surface area contributed by atoms with Gasteiger partial charge in [0.1, 0.15) is 16.2 Å². The number of rotatable bonds is 3. The van der Waals surface area contributed by atoms with E-state index in [1.165, 1.54) is 18.3 Å². The molecule has 2 heterocycles. The lowest BCUT2D eigenvalue weighted by Gasteiger charge is -2.30. The van der Waals surface area contributed by atoms with Crippen molar-refractivity contribution >= 4 is 26.7 Å². The van der Waals surface area contributed by atoms with E-state index in [1.807, 2.05) is 0 Å². The summed E-state index contributed by atoms with van der Waals surface area (Å²) in [5.41, 5.74) is 7.12. The molecule has 2 aromatic heterocycles. The fourth-order valence-electron chi connectivity index (χ4n) is 3.79. The van der Waals surface area contributed by atoms with E-state index in [4.69, 9.17) is 5.73 Å². The lowest BCUT2D eigenvalue weighted by Crippen LogP contribution is -2.27. The van der Waals surface area contributed by atoms with Gasteiger partial charge in [-0.2, -0.15) is 0 Å². The highest BCUT2D eigenvalue weighted by Gasteiger charge is 2.38. The van der Waals surface area contributed by atoms with Crippen molar-refractivity contribution in [1.29, 1.82) is 0 Å². The van der Waals surface area contributed by atoms with E-state index in [9.17, 15) is 17.2 Å². The number of halogens is 2. The molecule has 1 aliphatic carbocycles. The molecule has 3 aromatic rings. The van der Waals surface area contributed by atoms with E-state index in [0.717, 1.165) is 0 Å². The number of anilines is 1. The Hall–Kier alpha value is -2.48. The molecule has 8 heteroatoms. The zero-order chi connectivity index (χ0) is 19.2. The minimum absolute atomic E-state index is 0.0540. The average molecular weight is 391 g/mol. The maximum atomic E-state index is 13.6. The van der Waals surface area contributed by atoms with Gasteiger partial charge < -0.3 is 10.3 Å². The number of pyridine rings is 1. The Balaban J connectivity index is 1.90. The Kier molecular flexibility index (Phi) is 4.18. The Morgan fingerprint density at radius 1 is 1.07 bits per heavy atom. The highest BCUT2D eigenvalue weighted by Crippen LogP contribution is 2.43. The summed E-state index contributed by atoms with van der Waals surface area (Å²) in [6.45, 7) is 0. The zero-order valence-electron chi connectivity index (χ0n) is 14.5. The molecule has 0 bridgehead atoms. The molecular weight excluding hydrogens is 372 g/mol. The molecule has 0 radical (unpaired) electrons. The molecule has 0 unspecified atom stereocenters. The third kappa shape index (κ3) is 2.97. The molecule has 27 heavy (non-hydrogen) atoms. The molecule has 0 aliphatic heterocycles. The van der Waals surface area contributed by atoms with Gasteiger partial charge in [0.25, 0.3) is 0 Å². The molecular formula is C19H19F2N3O2S.